The zero-order valence-electron chi connectivity index (χ0n) is 15.0. The van der Waals surface area contributed by atoms with E-state index in [4.69, 9.17) is 10.00 Å². The van der Waals surface area contributed by atoms with Crippen molar-refractivity contribution in [2.45, 2.75) is 13.0 Å². The van der Waals surface area contributed by atoms with Gasteiger partial charge in [-0.15, -0.1) is 0 Å². The maximum Gasteiger partial charge on any atom is 0.227 e. The summed E-state index contributed by atoms with van der Waals surface area (Å²) in [5.41, 5.74) is 2.86. The molecule has 1 amide bonds. The zero-order chi connectivity index (χ0) is 18.4. The topological polar surface area (TPSA) is 56.6 Å². The summed E-state index contributed by atoms with van der Waals surface area (Å²) >= 11 is 0. The molecule has 3 rings (SSSR count). The molecule has 1 aliphatic heterocycles. The number of hydrogen-bond donors (Lipinski definition) is 0. The van der Waals surface area contributed by atoms with Gasteiger partial charge < -0.3 is 9.64 Å². The molecule has 0 saturated carbocycles. The summed E-state index contributed by atoms with van der Waals surface area (Å²) in [4.78, 5) is 16.8. The lowest BCUT2D eigenvalue weighted by molar-refractivity contribution is -0.132. The van der Waals surface area contributed by atoms with Gasteiger partial charge in [0.2, 0.25) is 5.91 Å². The number of nitriles is 1. The van der Waals surface area contributed by atoms with Gasteiger partial charge in [-0.1, -0.05) is 24.3 Å². The number of carbonyl (C=O) groups excluding carboxylic acids is 1. The largest absolute Gasteiger partial charge is 0.497 e. The highest BCUT2D eigenvalue weighted by Gasteiger charge is 2.21. The highest BCUT2D eigenvalue weighted by molar-refractivity contribution is 5.79. The average molecular weight is 349 g/mol. The summed E-state index contributed by atoms with van der Waals surface area (Å²) in [6.07, 6.45) is 0.410. The fourth-order valence-electron chi connectivity index (χ4n) is 3.17. The first-order valence-electron chi connectivity index (χ1n) is 8.80. The third kappa shape index (κ3) is 4.62. The van der Waals surface area contributed by atoms with Crippen LogP contribution in [0, 0.1) is 11.3 Å². The Labute approximate surface area is 154 Å². The molecule has 1 heterocycles. The van der Waals surface area contributed by atoms with Gasteiger partial charge in [0.15, 0.2) is 0 Å². The van der Waals surface area contributed by atoms with Crippen LogP contribution in [0.1, 0.15) is 16.7 Å². The lowest BCUT2D eigenvalue weighted by atomic mass is 10.1. The smallest absolute Gasteiger partial charge is 0.227 e. The maximum absolute atomic E-state index is 12.5. The van der Waals surface area contributed by atoms with Crippen LogP contribution >= 0.6 is 0 Å². The summed E-state index contributed by atoms with van der Waals surface area (Å²) in [5, 5.41) is 8.86. The first-order valence-corrected chi connectivity index (χ1v) is 8.80. The fourth-order valence-corrected chi connectivity index (χ4v) is 3.17. The van der Waals surface area contributed by atoms with E-state index in [0.29, 0.717) is 12.0 Å². The number of rotatable bonds is 5. The predicted octanol–water partition coefficient (Wildman–Crippen LogP) is 2.45. The number of piperazine rings is 1. The Morgan fingerprint density at radius 1 is 1.08 bits per heavy atom. The van der Waals surface area contributed by atoms with E-state index >= 15 is 0 Å². The van der Waals surface area contributed by atoms with Crippen LogP contribution in [0.2, 0.25) is 0 Å². The summed E-state index contributed by atoms with van der Waals surface area (Å²) in [6, 6.07) is 17.5. The normalized spacial score (nSPS) is 14.7. The van der Waals surface area contributed by atoms with Crippen molar-refractivity contribution in [3.05, 3.63) is 65.2 Å². The van der Waals surface area contributed by atoms with E-state index in [1.807, 2.05) is 53.4 Å². The second-order valence-electron chi connectivity index (χ2n) is 6.49. The lowest BCUT2D eigenvalue weighted by Crippen LogP contribution is -2.48. The van der Waals surface area contributed by atoms with Crippen molar-refractivity contribution in [3.8, 4) is 11.8 Å². The molecule has 0 unspecified atom stereocenters. The standard InChI is InChI=1S/C21H23N3O2/c1-26-20-4-2-3-19(13-20)14-21(25)24-11-9-23(10-12-24)16-18-7-5-17(15-22)6-8-18/h2-8,13H,9-12,14,16H2,1H3. The van der Waals surface area contributed by atoms with Gasteiger partial charge in [0.25, 0.3) is 0 Å². The van der Waals surface area contributed by atoms with E-state index in [9.17, 15) is 4.79 Å². The van der Waals surface area contributed by atoms with E-state index in [-0.39, 0.29) is 5.91 Å². The number of carbonyl (C=O) groups is 1. The molecule has 0 atom stereocenters. The third-order valence-electron chi connectivity index (χ3n) is 4.70. The molecular weight excluding hydrogens is 326 g/mol. The molecule has 26 heavy (non-hydrogen) atoms. The number of hydrogen-bond acceptors (Lipinski definition) is 4. The molecule has 0 radical (unpaired) electrons. The molecule has 5 heteroatoms. The van der Waals surface area contributed by atoms with Crippen LogP contribution in [0.15, 0.2) is 48.5 Å². The Balaban J connectivity index is 1.49. The monoisotopic (exact) mass is 349 g/mol. The molecule has 2 aromatic rings. The Morgan fingerprint density at radius 3 is 2.46 bits per heavy atom. The first kappa shape index (κ1) is 18.0. The third-order valence-corrected chi connectivity index (χ3v) is 4.70. The minimum absolute atomic E-state index is 0.163. The summed E-state index contributed by atoms with van der Waals surface area (Å²) in [7, 11) is 1.63. The second-order valence-corrected chi connectivity index (χ2v) is 6.49. The molecule has 0 aliphatic carbocycles. The summed E-state index contributed by atoms with van der Waals surface area (Å²) in [5.74, 6) is 0.943. The highest BCUT2D eigenvalue weighted by Crippen LogP contribution is 2.15. The SMILES string of the molecule is COc1cccc(CC(=O)N2CCN(Cc3ccc(C#N)cc3)CC2)c1. The Hall–Kier alpha value is -2.84. The van der Waals surface area contributed by atoms with Crippen molar-refractivity contribution in [3.63, 3.8) is 0 Å². The van der Waals surface area contributed by atoms with Gasteiger partial charge in [-0.05, 0) is 35.4 Å². The van der Waals surface area contributed by atoms with Crippen LogP contribution < -0.4 is 4.74 Å². The van der Waals surface area contributed by atoms with Crippen molar-refractivity contribution in [1.29, 1.82) is 5.26 Å². The van der Waals surface area contributed by atoms with Gasteiger partial charge >= 0.3 is 0 Å². The van der Waals surface area contributed by atoms with Crippen LogP contribution in [-0.4, -0.2) is 49.0 Å². The molecule has 1 aliphatic rings. The van der Waals surface area contributed by atoms with Gasteiger partial charge in [0.1, 0.15) is 5.75 Å². The number of nitrogens with zero attached hydrogens (tertiary/aromatic N) is 3. The van der Waals surface area contributed by atoms with E-state index < -0.39 is 0 Å². The molecule has 1 saturated heterocycles. The van der Waals surface area contributed by atoms with Gasteiger partial charge in [-0.2, -0.15) is 5.26 Å². The van der Waals surface area contributed by atoms with Gasteiger partial charge in [0, 0.05) is 32.7 Å². The zero-order valence-corrected chi connectivity index (χ0v) is 15.0. The molecule has 5 nitrogen and oxygen atoms in total. The molecule has 0 N–H and O–H groups in total. The van der Waals surface area contributed by atoms with Crippen molar-refractivity contribution in [2.24, 2.45) is 0 Å². The molecular formula is C21H23N3O2. The Bertz CT molecular complexity index is 788. The van der Waals surface area contributed by atoms with Crippen molar-refractivity contribution >= 4 is 5.91 Å². The van der Waals surface area contributed by atoms with Gasteiger partial charge in [0.05, 0.1) is 25.2 Å². The average Bonchev–Trinajstić information content (AvgIpc) is 2.69. The minimum atomic E-state index is 0.163. The van der Waals surface area contributed by atoms with E-state index in [2.05, 4.69) is 11.0 Å². The van der Waals surface area contributed by atoms with Crippen molar-refractivity contribution < 1.29 is 9.53 Å². The number of benzene rings is 2. The second kappa shape index (κ2) is 8.50. The summed E-state index contributed by atoms with van der Waals surface area (Å²) in [6.45, 7) is 4.08. The first-order chi connectivity index (χ1) is 12.7. The highest BCUT2D eigenvalue weighted by atomic mass is 16.5. The van der Waals surface area contributed by atoms with E-state index in [1.165, 1.54) is 5.56 Å². The molecule has 2 aromatic carbocycles. The fraction of sp³-hybridized carbons (Fsp3) is 0.333. The summed E-state index contributed by atoms with van der Waals surface area (Å²) < 4.78 is 5.22. The van der Waals surface area contributed by atoms with Crippen molar-refractivity contribution in [2.75, 3.05) is 33.3 Å². The Kier molecular flexibility index (Phi) is 5.88. The Morgan fingerprint density at radius 2 is 1.81 bits per heavy atom. The molecule has 0 bridgehead atoms. The minimum Gasteiger partial charge on any atom is -0.497 e. The lowest BCUT2D eigenvalue weighted by Gasteiger charge is -2.34. The van der Waals surface area contributed by atoms with Crippen LogP contribution in [-0.2, 0) is 17.8 Å². The van der Waals surface area contributed by atoms with Crippen LogP contribution in [0.4, 0.5) is 0 Å². The van der Waals surface area contributed by atoms with Crippen LogP contribution in [0.3, 0.4) is 0 Å². The molecule has 134 valence electrons. The van der Waals surface area contributed by atoms with Gasteiger partial charge in [-0.25, -0.2) is 0 Å². The quantitative estimate of drug-likeness (QED) is 0.832. The number of amides is 1. The molecule has 0 aromatic heterocycles. The maximum atomic E-state index is 12.5. The number of ether oxygens (including phenoxy) is 1. The predicted molar refractivity (Wildman–Crippen MR) is 99.7 cm³/mol. The van der Waals surface area contributed by atoms with Gasteiger partial charge in [-0.3, -0.25) is 9.69 Å². The van der Waals surface area contributed by atoms with E-state index in [1.54, 1.807) is 7.11 Å². The molecule has 0 spiro atoms. The van der Waals surface area contributed by atoms with Crippen LogP contribution in [0.25, 0.3) is 0 Å². The molecule has 1 fully saturated rings. The van der Waals surface area contributed by atoms with Crippen LogP contribution in [0.5, 0.6) is 5.75 Å². The number of methoxy groups -OCH3 is 1. The van der Waals surface area contributed by atoms with E-state index in [0.717, 1.165) is 44.0 Å². The van der Waals surface area contributed by atoms with Crippen molar-refractivity contribution in [1.82, 2.24) is 9.80 Å².